The Bertz CT molecular complexity index is 151. The number of aliphatic hydroxyl groups excluding tert-OH is 1. The van der Waals surface area contributed by atoms with E-state index in [2.05, 4.69) is 5.32 Å². The molecular weight excluding hydrogens is 150 g/mol. The molecule has 0 aromatic carbocycles. The highest BCUT2D eigenvalue weighted by atomic mass is 16.6. The standard InChI is InChI=1S/C6H11NO4/c1-3-2-4(5(8)9)7-6(10)11-3/h3-4,6-7,10H,2H2,1H3,(H,8,9). The summed E-state index contributed by atoms with van der Waals surface area (Å²) in [6.07, 6.45) is -0.987. The van der Waals surface area contributed by atoms with Crippen LogP contribution in [0.4, 0.5) is 0 Å². The summed E-state index contributed by atoms with van der Waals surface area (Å²) >= 11 is 0. The number of hydrogen-bond acceptors (Lipinski definition) is 4. The van der Waals surface area contributed by atoms with E-state index in [0.29, 0.717) is 6.42 Å². The van der Waals surface area contributed by atoms with Gasteiger partial charge in [0.1, 0.15) is 6.04 Å². The number of ether oxygens (including phenoxy) is 1. The largest absolute Gasteiger partial charge is 0.480 e. The molecule has 0 aromatic rings. The van der Waals surface area contributed by atoms with Crippen molar-refractivity contribution in [3.05, 3.63) is 0 Å². The zero-order valence-electron chi connectivity index (χ0n) is 6.15. The quantitative estimate of drug-likeness (QED) is 0.465. The van der Waals surface area contributed by atoms with Crippen molar-refractivity contribution in [1.82, 2.24) is 5.32 Å². The summed E-state index contributed by atoms with van der Waals surface area (Å²) in [5, 5.41) is 19.8. The van der Waals surface area contributed by atoms with Gasteiger partial charge in [0.25, 0.3) is 0 Å². The Balaban J connectivity index is 2.49. The molecule has 0 saturated carbocycles. The lowest BCUT2D eigenvalue weighted by molar-refractivity contribution is -0.189. The third-order valence-corrected chi connectivity index (χ3v) is 1.57. The Morgan fingerprint density at radius 3 is 2.82 bits per heavy atom. The molecule has 0 bridgehead atoms. The molecule has 1 heterocycles. The van der Waals surface area contributed by atoms with Crippen molar-refractivity contribution >= 4 is 5.97 Å². The lowest BCUT2D eigenvalue weighted by atomic mass is 10.1. The van der Waals surface area contributed by atoms with Gasteiger partial charge >= 0.3 is 5.97 Å². The van der Waals surface area contributed by atoms with Crippen LogP contribution in [0.2, 0.25) is 0 Å². The molecule has 3 atom stereocenters. The molecule has 11 heavy (non-hydrogen) atoms. The van der Waals surface area contributed by atoms with Crippen molar-refractivity contribution in [2.24, 2.45) is 0 Å². The minimum absolute atomic E-state index is 0.215. The Kier molecular flexibility index (Phi) is 2.43. The molecule has 3 unspecified atom stereocenters. The van der Waals surface area contributed by atoms with E-state index in [1.54, 1.807) is 6.92 Å². The maximum Gasteiger partial charge on any atom is 0.320 e. The van der Waals surface area contributed by atoms with Gasteiger partial charge in [0.05, 0.1) is 6.10 Å². The minimum Gasteiger partial charge on any atom is -0.480 e. The van der Waals surface area contributed by atoms with Crippen molar-refractivity contribution < 1.29 is 19.7 Å². The molecule has 0 radical (unpaired) electrons. The van der Waals surface area contributed by atoms with Crippen LogP contribution in [0.25, 0.3) is 0 Å². The number of nitrogens with one attached hydrogen (secondary N) is 1. The number of rotatable bonds is 1. The zero-order valence-corrected chi connectivity index (χ0v) is 6.15. The molecule has 5 nitrogen and oxygen atoms in total. The molecule has 3 N–H and O–H groups in total. The molecule has 1 aliphatic heterocycles. The number of carboxylic acids is 1. The highest BCUT2D eigenvalue weighted by Crippen LogP contribution is 2.10. The second-order valence-electron chi connectivity index (χ2n) is 2.59. The molecule has 0 amide bonds. The first-order valence-corrected chi connectivity index (χ1v) is 3.42. The second kappa shape index (κ2) is 3.17. The van der Waals surface area contributed by atoms with Gasteiger partial charge in [0, 0.05) is 0 Å². The first-order chi connectivity index (χ1) is 5.09. The third-order valence-electron chi connectivity index (χ3n) is 1.57. The summed E-state index contributed by atoms with van der Waals surface area (Å²) in [6.45, 7) is 1.72. The smallest absolute Gasteiger partial charge is 0.320 e. The van der Waals surface area contributed by atoms with E-state index in [1.165, 1.54) is 0 Å². The number of hydrogen-bond donors (Lipinski definition) is 3. The molecule has 5 heteroatoms. The van der Waals surface area contributed by atoms with Gasteiger partial charge in [-0.3, -0.25) is 10.1 Å². The van der Waals surface area contributed by atoms with Crippen molar-refractivity contribution in [2.75, 3.05) is 0 Å². The fourth-order valence-electron chi connectivity index (χ4n) is 1.06. The van der Waals surface area contributed by atoms with Gasteiger partial charge in [0.15, 0.2) is 0 Å². The molecule has 1 rings (SSSR count). The first-order valence-electron chi connectivity index (χ1n) is 3.42. The highest BCUT2D eigenvalue weighted by Gasteiger charge is 2.29. The second-order valence-corrected chi connectivity index (χ2v) is 2.59. The molecule has 1 fully saturated rings. The Labute approximate surface area is 64.0 Å². The van der Waals surface area contributed by atoms with Crippen LogP contribution >= 0.6 is 0 Å². The average Bonchev–Trinajstić information content (AvgIpc) is 1.85. The SMILES string of the molecule is CC1CC(C(=O)O)NC(O)O1. The Morgan fingerprint density at radius 1 is 1.73 bits per heavy atom. The molecule has 0 spiro atoms. The monoisotopic (exact) mass is 161 g/mol. The van der Waals surface area contributed by atoms with E-state index in [0.717, 1.165) is 0 Å². The van der Waals surface area contributed by atoms with Gasteiger partial charge in [-0.25, -0.2) is 0 Å². The maximum absolute atomic E-state index is 10.4. The van der Waals surface area contributed by atoms with Gasteiger partial charge in [-0.2, -0.15) is 0 Å². The molecule has 64 valence electrons. The molecule has 0 aromatic heterocycles. The van der Waals surface area contributed by atoms with Crippen molar-refractivity contribution in [2.45, 2.75) is 31.9 Å². The van der Waals surface area contributed by atoms with Crippen molar-refractivity contribution in [3.8, 4) is 0 Å². The van der Waals surface area contributed by atoms with Crippen molar-refractivity contribution in [3.63, 3.8) is 0 Å². The van der Waals surface area contributed by atoms with Crippen LogP contribution in [0.15, 0.2) is 0 Å². The van der Waals surface area contributed by atoms with Gasteiger partial charge in [-0.15, -0.1) is 0 Å². The summed E-state index contributed by atoms with van der Waals surface area (Å²) in [6, 6.07) is -0.700. The van der Waals surface area contributed by atoms with E-state index in [-0.39, 0.29) is 6.10 Å². The van der Waals surface area contributed by atoms with Crippen LogP contribution in [0.5, 0.6) is 0 Å². The maximum atomic E-state index is 10.4. The van der Waals surface area contributed by atoms with Gasteiger partial charge < -0.3 is 14.9 Å². The van der Waals surface area contributed by atoms with Crippen LogP contribution in [0.1, 0.15) is 13.3 Å². The normalized spacial score (nSPS) is 38.5. The summed E-state index contributed by atoms with van der Waals surface area (Å²) in [5.41, 5.74) is 0. The van der Waals surface area contributed by atoms with Crippen LogP contribution in [-0.2, 0) is 9.53 Å². The summed E-state index contributed by atoms with van der Waals surface area (Å²) in [4.78, 5) is 10.4. The number of carbonyl (C=O) groups is 1. The van der Waals surface area contributed by atoms with E-state index in [9.17, 15) is 4.79 Å². The first kappa shape index (κ1) is 8.45. The van der Waals surface area contributed by atoms with Gasteiger partial charge in [-0.1, -0.05) is 0 Å². The average molecular weight is 161 g/mol. The fraction of sp³-hybridized carbons (Fsp3) is 0.833. The molecule has 1 saturated heterocycles. The minimum atomic E-state index is -1.15. The van der Waals surface area contributed by atoms with E-state index < -0.39 is 18.4 Å². The topological polar surface area (TPSA) is 78.8 Å². The van der Waals surface area contributed by atoms with Crippen LogP contribution in [0, 0.1) is 0 Å². The lowest BCUT2D eigenvalue weighted by Crippen LogP contribution is -2.51. The van der Waals surface area contributed by atoms with Crippen LogP contribution < -0.4 is 5.32 Å². The number of aliphatic hydroxyl groups is 1. The predicted molar refractivity (Wildman–Crippen MR) is 35.7 cm³/mol. The van der Waals surface area contributed by atoms with E-state index >= 15 is 0 Å². The molecule has 1 aliphatic rings. The number of aliphatic carboxylic acids is 1. The van der Waals surface area contributed by atoms with Gasteiger partial charge in [0.2, 0.25) is 6.41 Å². The zero-order chi connectivity index (χ0) is 8.43. The summed E-state index contributed by atoms with van der Waals surface area (Å²) < 4.78 is 4.85. The van der Waals surface area contributed by atoms with Gasteiger partial charge in [-0.05, 0) is 13.3 Å². The molecular formula is C6H11NO4. The van der Waals surface area contributed by atoms with Crippen LogP contribution in [-0.4, -0.2) is 34.7 Å². The third kappa shape index (κ3) is 2.14. The van der Waals surface area contributed by atoms with Crippen molar-refractivity contribution in [1.29, 1.82) is 0 Å². The summed E-state index contributed by atoms with van der Waals surface area (Å²) in [7, 11) is 0. The Hall–Kier alpha value is -0.650. The van der Waals surface area contributed by atoms with E-state index in [1.807, 2.05) is 0 Å². The van der Waals surface area contributed by atoms with E-state index in [4.69, 9.17) is 14.9 Å². The Morgan fingerprint density at radius 2 is 2.36 bits per heavy atom. The number of carboxylic acid groups (broad SMARTS) is 1. The van der Waals surface area contributed by atoms with Crippen LogP contribution in [0.3, 0.4) is 0 Å². The summed E-state index contributed by atoms with van der Waals surface area (Å²) in [5.74, 6) is -0.959. The highest BCUT2D eigenvalue weighted by molar-refractivity contribution is 5.73. The predicted octanol–water partition coefficient (Wildman–Crippen LogP) is -0.886. The lowest BCUT2D eigenvalue weighted by Gasteiger charge is -2.29. The fourth-order valence-corrected chi connectivity index (χ4v) is 1.06. The molecule has 0 aliphatic carbocycles.